The number of nitrogens with one attached hydrogen (secondary N) is 1. The van der Waals surface area contributed by atoms with E-state index in [9.17, 15) is 31.1 Å². The van der Waals surface area contributed by atoms with E-state index in [0.29, 0.717) is 51.5 Å². The standard InChI is InChI=1S/C33H42F6N8O2/c1-21-14-22(2)29-27(15-21)28(6-5-10-46(29)19-23-7-11-45(12-8-23)31(48)40-9-13-49-4)47(30-41-43-44(3)42-30)20-24-16-25(32(34,35)36)18-26(17-24)33(37,38)39/h14-18,23,28H,5-13,19-20H2,1-4H3,(H,40,48). The number of alkyl halides is 6. The number of aryl methyl sites for hydroxylation is 3. The van der Waals surface area contributed by atoms with Crippen LogP contribution in [0.25, 0.3) is 0 Å². The number of aromatic nitrogens is 4. The van der Waals surface area contributed by atoms with Gasteiger partial charge in [0, 0.05) is 52.1 Å². The largest absolute Gasteiger partial charge is 0.416 e. The Kier molecular flexibility index (Phi) is 10.9. The van der Waals surface area contributed by atoms with E-state index in [4.69, 9.17) is 4.74 Å². The van der Waals surface area contributed by atoms with Gasteiger partial charge in [0.15, 0.2) is 0 Å². The van der Waals surface area contributed by atoms with E-state index >= 15 is 0 Å². The maximum atomic E-state index is 13.8. The molecule has 3 aromatic rings. The van der Waals surface area contributed by atoms with Crippen molar-refractivity contribution in [2.24, 2.45) is 13.0 Å². The molecule has 0 bridgehead atoms. The molecular formula is C33H42F6N8O2. The summed E-state index contributed by atoms with van der Waals surface area (Å²) in [5.41, 5.74) is 0.967. The molecule has 10 nitrogen and oxygen atoms in total. The van der Waals surface area contributed by atoms with Crippen LogP contribution in [0.4, 0.5) is 42.8 Å². The van der Waals surface area contributed by atoms with Crippen molar-refractivity contribution in [1.82, 2.24) is 30.4 Å². The Balaban J connectivity index is 1.46. The van der Waals surface area contributed by atoms with E-state index in [1.165, 1.54) is 4.80 Å². The van der Waals surface area contributed by atoms with Crippen LogP contribution < -0.4 is 15.1 Å². The zero-order valence-corrected chi connectivity index (χ0v) is 28.0. The fraction of sp³-hybridized carbons (Fsp3) is 0.576. The number of methoxy groups -OCH3 is 1. The van der Waals surface area contributed by atoms with Gasteiger partial charge in [-0.25, -0.2) is 4.79 Å². The second kappa shape index (κ2) is 14.8. The minimum atomic E-state index is -4.97. The van der Waals surface area contributed by atoms with Crippen LogP contribution in [0.1, 0.15) is 65.1 Å². The van der Waals surface area contributed by atoms with Gasteiger partial charge >= 0.3 is 18.4 Å². The number of amides is 2. The number of ether oxygens (including phenoxy) is 1. The zero-order valence-electron chi connectivity index (χ0n) is 28.0. The summed E-state index contributed by atoms with van der Waals surface area (Å²) in [7, 11) is 3.13. The van der Waals surface area contributed by atoms with Crippen molar-refractivity contribution in [2.45, 2.75) is 64.5 Å². The molecule has 0 spiro atoms. The van der Waals surface area contributed by atoms with Crippen LogP contribution in [0.2, 0.25) is 0 Å². The van der Waals surface area contributed by atoms with Gasteiger partial charge in [-0.2, -0.15) is 31.1 Å². The molecule has 0 saturated carbocycles. The van der Waals surface area contributed by atoms with Crippen molar-refractivity contribution in [1.29, 1.82) is 0 Å². The van der Waals surface area contributed by atoms with Crippen LogP contribution >= 0.6 is 0 Å². The van der Waals surface area contributed by atoms with Gasteiger partial charge in [0.05, 0.1) is 30.8 Å². The van der Waals surface area contributed by atoms with E-state index < -0.39 is 29.5 Å². The molecule has 268 valence electrons. The normalized spacial score (nSPS) is 17.6. The molecule has 1 saturated heterocycles. The molecule has 49 heavy (non-hydrogen) atoms. The first kappa shape index (κ1) is 36.2. The summed E-state index contributed by atoms with van der Waals surface area (Å²) in [6.45, 7) is 7.25. The van der Waals surface area contributed by atoms with Gasteiger partial charge in [0.2, 0.25) is 0 Å². The number of carbonyl (C=O) groups excluding carboxylic acids is 1. The highest BCUT2D eigenvalue weighted by atomic mass is 19.4. The SMILES string of the molecule is COCCNC(=O)N1CCC(CN2CCCC(N(Cc3cc(C(F)(F)F)cc(C(F)(F)F)c3)c3nnn(C)n3)c3cc(C)cc(C)c32)CC1. The van der Waals surface area contributed by atoms with Crippen molar-refractivity contribution in [3.8, 4) is 0 Å². The van der Waals surface area contributed by atoms with Gasteiger partial charge in [-0.15, -0.1) is 5.10 Å². The van der Waals surface area contributed by atoms with Crippen molar-refractivity contribution in [3.05, 3.63) is 63.7 Å². The van der Waals surface area contributed by atoms with Crippen molar-refractivity contribution in [3.63, 3.8) is 0 Å². The molecule has 0 aliphatic carbocycles. The Hall–Kier alpha value is -4.08. The van der Waals surface area contributed by atoms with Crippen molar-refractivity contribution >= 4 is 17.7 Å². The molecule has 3 heterocycles. The summed E-state index contributed by atoms with van der Waals surface area (Å²) in [5.74, 6) is 0.421. The number of fused-ring (bicyclic) bond motifs is 1. The average molecular weight is 697 g/mol. The van der Waals surface area contributed by atoms with E-state index in [1.807, 2.05) is 24.8 Å². The summed E-state index contributed by atoms with van der Waals surface area (Å²) < 4.78 is 87.8. The minimum absolute atomic E-state index is 0.105. The number of nitrogens with zero attached hydrogens (tertiary/aromatic N) is 7. The highest BCUT2D eigenvalue weighted by Gasteiger charge is 2.38. The highest BCUT2D eigenvalue weighted by Crippen LogP contribution is 2.43. The van der Waals surface area contributed by atoms with Gasteiger partial charge in [-0.3, -0.25) is 0 Å². The Bertz CT molecular complexity index is 1570. The van der Waals surface area contributed by atoms with Crippen LogP contribution in [0, 0.1) is 19.8 Å². The van der Waals surface area contributed by atoms with E-state index in [-0.39, 0.29) is 30.2 Å². The van der Waals surface area contributed by atoms with Crippen molar-refractivity contribution in [2.75, 3.05) is 56.2 Å². The number of hydrogen-bond donors (Lipinski definition) is 1. The first-order valence-electron chi connectivity index (χ1n) is 16.3. The lowest BCUT2D eigenvalue weighted by atomic mass is 9.93. The molecule has 1 aromatic heterocycles. The Morgan fingerprint density at radius 1 is 0.980 bits per heavy atom. The predicted molar refractivity (Wildman–Crippen MR) is 171 cm³/mol. The van der Waals surface area contributed by atoms with Gasteiger partial charge in [0.25, 0.3) is 5.95 Å². The molecular weight excluding hydrogens is 654 g/mol. The minimum Gasteiger partial charge on any atom is -0.383 e. The summed E-state index contributed by atoms with van der Waals surface area (Å²) in [6, 6.07) is 5.19. The number of anilines is 2. The van der Waals surface area contributed by atoms with E-state index in [2.05, 4.69) is 31.7 Å². The molecule has 1 unspecified atom stereocenters. The Morgan fingerprint density at radius 2 is 1.65 bits per heavy atom. The molecule has 2 aliphatic heterocycles. The average Bonchev–Trinajstić information content (AvgIpc) is 3.38. The fourth-order valence-corrected chi connectivity index (χ4v) is 6.95. The van der Waals surface area contributed by atoms with E-state index in [1.54, 1.807) is 19.1 Å². The second-order valence-electron chi connectivity index (χ2n) is 12.9. The molecule has 16 heteroatoms. The van der Waals surface area contributed by atoms with Crippen LogP contribution in [0.3, 0.4) is 0 Å². The fourth-order valence-electron chi connectivity index (χ4n) is 6.95. The van der Waals surface area contributed by atoms with Crippen LogP contribution in [0.5, 0.6) is 0 Å². The highest BCUT2D eigenvalue weighted by molar-refractivity contribution is 5.74. The lowest BCUT2D eigenvalue weighted by Gasteiger charge is -2.37. The van der Waals surface area contributed by atoms with Gasteiger partial charge in [-0.1, -0.05) is 22.8 Å². The number of piperidine rings is 1. The first-order valence-corrected chi connectivity index (χ1v) is 16.3. The van der Waals surface area contributed by atoms with Crippen LogP contribution in [-0.2, 0) is 30.7 Å². The quantitative estimate of drug-likeness (QED) is 0.208. The third-order valence-electron chi connectivity index (χ3n) is 9.15. The second-order valence-corrected chi connectivity index (χ2v) is 12.9. The topological polar surface area (TPSA) is 91.7 Å². The number of likely N-dealkylation sites (tertiary alicyclic amines) is 1. The third-order valence-corrected chi connectivity index (χ3v) is 9.15. The summed E-state index contributed by atoms with van der Waals surface area (Å²) >= 11 is 0. The lowest BCUT2D eigenvalue weighted by molar-refractivity contribution is -0.143. The third kappa shape index (κ3) is 8.75. The van der Waals surface area contributed by atoms with Crippen molar-refractivity contribution < 1.29 is 35.9 Å². The van der Waals surface area contributed by atoms with E-state index in [0.717, 1.165) is 53.9 Å². The molecule has 1 fully saturated rings. The Labute approximate surface area is 281 Å². The van der Waals surface area contributed by atoms with Gasteiger partial charge in [0.1, 0.15) is 0 Å². The molecule has 1 N–H and O–H groups in total. The molecule has 2 aliphatic rings. The monoisotopic (exact) mass is 696 g/mol. The number of urea groups is 1. The number of rotatable bonds is 9. The first-order chi connectivity index (χ1) is 23.1. The number of halogens is 6. The van der Waals surface area contributed by atoms with Gasteiger partial charge < -0.3 is 24.8 Å². The summed E-state index contributed by atoms with van der Waals surface area (Å²) in [5, 5.41) is 15.3. The van der Waals surface area contributed by atoms with Crippen LogP contribution in [-0.4, -0.2) is 77.6 Å². The molecule has 2 aromatic carbocycles. The lowest BCUT2D eigenvalue weighted by Crippen LogP contribution is -2.46. The summed E-state index contributed by atoms with van der Waals surface area (Å²) in [4.78, 5) is 19.6. The van der Waals surface area contributed by atoms with Gasteiger partial charge in [-0.05, 0) is 85.6 Å². The Morgan fingerprint density at radius 3 is 2.24 bits per heavy atom. The number of benzene rings is 2. The molecule has 0 radical (unpaired) electrons. The summed E-state index contributed by atoms with van der Waals surface area (Å²) in [6.07, 6.45) is -7.05. The molecule has 2 amide bonds. The number of tetrazole rings is 1. The smallest absolute Gasteiger partial charge is 0.383 e. The predicted octanol–water partition coefficient (Wildman–Crippen LogP) is 6.28. The van der Waals surface area contributed by atoms with Crippen LogP contribution in [0.15, 0.2) is 30.3 Å². The molecule has 5 rings (SSSR count). The maximum Gasteiger partial charge on any atom is 0.416 e. The maximum absolute atomic E-state index is 13.8. The number of hydrogen-bond acceptors (Lipinski definition) is 7. The number of carbonyl (C=O) groups is 1. The molecule has 1 atom stereocenters. The zero-order chi connectivity index (χ0) is 35.5.